The Morgan fingerprint density at radius 3 is 2.84 bits per heavy atom. The van der Waals surface area contributed by atoms with Crippen molar-refractivity contribution in [3.8, 4) is 0 Å². The first kappa shape index (κ1) is 17.2. The number of aromatic nitrogens is 2. The molecule has 0 aliphatic carbocycles. The number of furan rings is 1. The van der Waals surface area contributed by atoms with Gasteiger partial charge in [-0.25, -0.2) is 4.98 Å². The van der Waals surface area contributed by atoms with Crippen LogP contribution in [-0.2, 0) is 22.6 Å². The van der Waals surface area contributed by atoms with Crippen LogP contribution in [0.5, 0.6) is 0 Å². The standard InChI is InChI=1S/C18H17ClN2O4/c1-11(22)16-7-15(25-12(16)2)4-6-18(23)24-10-14-9-21-8-13(19)3-5-17(21)20-14/h3,5,7-9H,4,6,10H2,1-2H3. The van der Waals surface area contributed by atoms with Crippen LogP contribution in [0.3, 0.4) is 0 Å². The number of ketones is 1. The quantitative estimate of drug-likeness (QED) is 0.494. The fraction of sp³-hybridized carbons (Fsp3) is 0.278. The molecule has 0 atom stereocenters. The molecule has 0 spiro atoms. The minimum atomic E-state index is -0.353. The molecular weight excluding hydrogens is 344 g/mol. The van der Waals surface area contributed by atoms with Crippen molar-refractivity contribution >= 4 is 29.0 Å². The number of carbonyl (C=O) groups excluding carboxylic acids is 2. The summed E-state index contributed by atoms with van der Waals surface area (Å²) in [5.74, 6) is 0.761. The lowest BCUT2D eigenvalue weighted by Crippen LogP contribution is -2.05. The second kappa shape index (κ2) is 7.11. The van der Waals surface area contributed by atoms with E-state index in [2.05, 4.69) is 4.98 Å². The Kier molecular flexibility index (Phi) is 4.90. The van der Waals surface area contributed by atoms with E-state index < -0.39 is 0 Å². The van der Waals surface area contributed by atoms with Crippen LogP contribution in [0.15, 0.2) is 35.0 Å². The van der Waals surface area contributed by atoms with Crippen molar-refractivity contribution in [2.45, 2.75) is 33.3 Å². The van der Waals surface area contributed by atoms with Gasteiger partial charge in [0.1, 0.15) is 23.8 Å². The van der Waals surface area contributed by atoms with Gasteiger partial charge < -0.3 is 13.6 Å². The lowest BCUT2D eigenvalue weighted by Gasteiger charge is -2.01. The van der Waals surface area contributed by atoms with E-state index in [4.69, 9.17) is 20.8 Å². The van der Waals surface area contributed by atoms with E-state index in [1.54, 1.807) is 41.9 Å². The maximum absolute atomic E-state index is 11.9. The third kappa shape index (κ3) is 4.09. The molecule has 0 aromatic carbocycles. The number of halogens is 1. The number of carbonyl (C=O) groups is 2. The van der Waals surface area contributed by atoms with Gasteiger partial charge in [0, 0.05) is 18.8 Å². The molecule has 3 aromatic heterocycles. The Hall–Kier alpha value is -2.60. The zero-order valence-corrected chi connectivity index (χ0v) is 14.7. The van der Waals surface area contributed by atoms with Gasteiger partial charge in [0.25, 0.3) is 0 Å². The lowest BCUT2D eigenvalue weighted by molar-refractivity contribution is -0.145. The maximum Gasteiger partial charge on any atom is 0.306 e. The molecule has 0 N–H and O–H groups in total. The van der Waals surface area contributed by atoms with Gasteiger partial charge in [-0.3, -0.25) is 9.59 Å². The van der Waals surface area contributed by atoms with Crippen LogP contribution in [0, 0.1) is 6.92 Å². The number of hydrogen-bond acceptors (Lipinski definition) is 5. The Morgan fingerprint density at radius 2 is 2.12 bits per heavy atom. The molecule has 130 valence electrons. The molecule has 0 unspecified atom stereocenters. The molecule has 0 aliphatic heterocycles. The second-order valence-electron chi connectivity index (χ2n) is 5.74. The summed E-state index contributed by atoms with van der Waals surface area (Å²) in [5.41, 5.74) is 1.92. The molecule has 0 bridgehead atoms. The summed E-state index contributed by atoms with van der Waals surface area (Å²) in [6.45, 7) is 3.31. The minimum absolute atomic E-state index is 0.0537. The largest absolute Gasteiger partial charge is 0.466 e. The van der Waals surface area contributed by atoms with Crippen LogP contribution in [0.1, 0.15) is 40.9 Å². The highest BCUT2D eigenvalue weighted by atomic mass is 35.5. The molecule has 3 rings (SSSR count). The Bertz CT molecular complexity index is 942. The molecule has 6 nitrogen and oxygen atoms in total. The number of ether oxygens (including phenoxy) is 1. The molecule has 3 heterocycles. The second-order valence-corrected chi connectivity index (χ2v) is 6.18. The highest BCUT2D eigenvalue weighted by Gasteiger charge is 2.13. The number of nitrogens with zero attached hydrogens (tertiary/aromatic N) is 2. The first-order valence-corrected chi connectivity index (χ1v) is 8.19. The van der Waals surface area contributed by atoms with E-state index in [1.165, 1.54) is 6.92 Å². The SMILES string of the molecule is CC(=O)c1cc(CCC(=O)OCc2cn3cc(Cl)ccc3n2)oc1C. The molecule has 0 amide bonds. The van der Waals surface area contributed by atoms with Gasteiger partial charge in [-0.1, -0.05) is 11.6 Å². The zero-order chi connectivity index (χ0) is 18.0. The molecule has 7 heteroatoms. The van der Waals surface area contributed by atoms with Crippen molar-refractivity contribution in [3.05, 3.63) is 58.4 Å². The topological polar surface area (TPSA) is 73.8 Å². The van der Waals surface area contributed by atoms with Crippen LogP contribution in [0.4, 0.5) is 0 Å². The van der Waals surface area contributed by atoms with Gasteiger partial charge in [0.15, 0.2) is 5.78 Å². The number of Topliss-reactive ketones (excluding diaryl/α,β-unsaturated/α-hetero) is 1. The predicted molar refractivity (Wildman–Crippen MR) is 91.8 cm³/mol. The molecular formula is C18H17ClN2O4. The average molecular weight is 361 g/mol. The molecule has 0 aliphatic rings. The van der Waals surface area contributed by atoms with Crippen molar-refractivity contribution in [1.29, 1.82) is 0 Å². The number of rotatable bonds is 6. The number of fused-ring (bicyclic) bond motifs is 1. The molecule has 3 aromatic rings. The van der Waals surface area contributed by atoms with Gasteiger partial charge in [-0.15, -0.1) is 0 Å². The number of aryl methyl sites for hydroxylation is 2. The van der Waals surface area contributed by atoms with Crippen molar-refractivity contribution in [1.82, 2.24) is 9.38 Å². The lowest BCUT2D eigenvalue weighted by atomic mass is 10.1. The van der Waals surface area contributed by atoms with Gasteiger partial charge in [0.05, 0.1) is 22.7 Å². The molecule has 25 heavy (non-hydrogen) atoms. The number of imidazole rings is 1. The molecule has 0 fully saturated rings. The van der Waals surface area contributed by atoms with Crippen LogP contribution in [0.2, 0.25) is 5.02 Å². The Balaban J connectivity index is 1.53. The zero-order valence-electron chi connectivity index (χ0n) is 13.9. The van der Waals surface area contributed by atoms with Crippen molar-refractivity contribution in [2.24, 2.45) is 0 Å². The fourth-order valence-corrected chi connectivity index (χ4v) is 2.72. The van der Waals surface area contributed by atoms with E-state index in [9.17, 15) is 9.59 Å². The van der Waals surface area contributed by atoms with Crippen molar-refractivity contribution in [3.63, 3.8) is 0 Å². The normalized spacial score (nSPS) is 11.0. The molecule has 0 saturated heterocycles. The van der Waals surface area contributed by atoms with Gasteiger partial charge in [-0.2, -0.15) is 0 Å². The smallest absolute Gasteiger partial charge is 0.306 e. The first-order chi connectivity index (χ1) is 11.9. The monoisotopic (exact) mass is 360 g/mol. The Labute approximate surface area is 149 Å². The predicted octanol–water partition coefficient (Wildman–Crippen LogP) is 3.77. The minimum Gasteiger partial charge on any atom is -0.466 e. The maximum atomic E-state index is 11.9. The van der Waals surface area contributed by atoms with E-state index in [1.807, 2.05) is 0 Å². The molecule has 0 radical (unpaired) electrons. The highest BCUT2D eigenvalue weighted by Crippen LogP contribution is 2.17. The summed E-state index contributed by atoms with van der Waals surface area (Å²) in [7, 11) is 0. The summed E-state index contributed by atoms with van der Waals surface area (Å²) in [6, 6.07) is 5.22. The third-order valence-corrected chi connectivity index (χ3v) is 3.99. The summed E-state index contributed by atoms with van der Waals surface area (Å²) in [6.07, 6.45) is 4.06. The van der Waals surface area contributed by atoms with Crippen LogP contribution in [-0.4, -0.2) is 21.1 Å². The van der Waals surface area contributed by atoms with Gasteiger partial charge in [-0.05, 0) is 32.0 Å². The van der Waals surface area contributed by atoms with E-state index in [-0.39, 0.29) is 24.8 Å². The number of esters is 1. The Morgan fingerprint density at radius 1 is 1.32 bits per heavy atom. The van der Waals surface area contributed by atoms with Crippen LogP contribution < -0.4 is 0 Å². The van der Waals surface area contributed by atoms with Crippen LogP contribution in [0.25, 0.3) is 5.65 Å². The van der Waals surface area contributed by atoms with E-state index >= 15 is 0 Å². The van der Waals surface area contributed by atoms with E-state index in [0.29, 0.717) is 34.2 Å². The molecule has 0 saturated carbocycles. The van der Waals surface area contributed by atoms with E-state index in [0.717, 1.165) is 5.65 Å². The third-order valence-electron chi connectivity index (χ3n) is 3.77. The first-order valence-electron chi connectivity index (χ1n) is 7.81. The highest BCUT2D eigenvalue weighted by molar-refractivity contribution is 6.30. The fourth-order valence-electron chi connectivity index (χ4n) is 2.56. The number of pyridine rings is 1. The van der Waals surface area contributed by atoms with Crippen LogP contribution >= 0.6 is 11.6 Å². The van der Waals surface area contributed by atoms with Gasteiger partial charge in [0.2, 0.25) is 0 Å². The summed E-state index contributed by atoms with van der Waals surface area (Å²) in [4.78, 5) is 27.7. The number of hydrogen-bond donors (Lipinski definition) is 0. The van der Waals surface area contributed by atoms with Crippen molar-refractivity contribution < 1.29 is 18.7 Å². The summed E-state index contributed by atoms with van der Waals surface area (Å²) < 4.78 is 12.5. The average Bonchev–Trinajstić information content (AvgIpc) is 3.13. The summed E-state index contributed by atoms with van der Waals surface area (Å²) in [5, 5.41) is 0.604. The van der Waals surface area contributed by atoms with Gasteiger partial charge >= 0.3 is 5.97 Å². The van der Waals surface area contributed by atoms with Crippen molar-refractivity contribution in [2.75, 3.05) is 0 Å². The summed E-state index contributed by atoms with van der Waals surface area (Å²) >= 11 is 5.92.